The van der Waals surface area contributed by atoms with E-state index < -0.39 is 18.0 Å². The van der Waals surface area contributed by atoms with Gasteiger partial charge < -0.3 is 10.1 Å². The maximum atomic E-state index is 11.9. The van der Waals surface area contributed by atoms with Gasteiger partial charge >= 0.3 is 6.09 Å². The summed E-state index contributed by atoms with van der Waals surface area (Å²) in [5, 5.41) is 4.50. The highest BCUT2D eigenvalue weighted by Gasteiger charge is 2.29. The van der Waals surface area contributed by atoms with Crippen molar-refractivity contribution in [3.8, 4) is 0 Å². The Morgan fingerprint density at radius 2 is 2.11 bits per heavy atom. The third-order valence-electron chi connectivity index (χ3n) is 2.62. The molecule has 2 rings (SSSR count). The van der Waals surface area contributed by atoms with Crippen molar-refractivity contribution >= 4 is 17.9 Å². The molecule has 1 unspecified atom stereocenters. The highest BCUT2D eigenvalue weighted by atomic mass is 16.6. The Hall–Kier alpha value is -2.37. The number of carbonyl (C=O) groups excluding carboxylic acids is 3. The topological polar surface area (TPSA) is 84.5 Å². The molecule has 0 aliphatic carbocycles. The molecule has 6 nitrogen and oxygen atoms in total. The number of carbonyl (C=O) groups is 3. The zero-order valence-electron chi connectivity index (χ0n) is 9.73. The zero-order chi connectivity index (χ0) is 13.1. The van der Waals surface area contributed by atoms with Gasteiger partial charge in [-0.1, -0.05) is 18.2 Å². The first kappa shape index (κ1) is 12.1. The van der Waals surface area contributed by atoms with Gasteiger partial charge in [-0.15, -0.1) is 0 Å². The van der Waals surface area contributed by atoms with Gasteiger partial charge in [-0.25, -0.2) is 4.79 Å². The summed E-state index contributed by atoms with van der Waals surface area (Å²) in [6.45, 7) is 1.65. The van der Waals surface area contributed by atoms with Crippen molar-refractivity contribution in [1.29, 1.82) is 0 Å². The number of ether oxygens (including phenoxy) is 1. The van der Waals surface area contributed by atoms with Crippen molar-refractivity contribution in [2.45, 2.75) is 13.0 Å². The molecule has 1 heterocycles. The monoisotopic (exact) mass is 248 g/mol. The quantitative estimate of drug-likeness (QED) is 0.791. The molecule has 1 fully saturated rings. The standard InChI is InChI=1S/C12H12N2O4/c1-7-4-2-3-5-8(7)10(15)13-9-6-18-12(17)14-11(9)16/h2-5,9H,6H2,1H3,(H,13,15)(H,14,16,17). The van der Waals surface area contributed by atoms with Crippen LogP contribution in [0.25, 0.3) is 0 Å². The molecule has 0 radical (unpaired) electrons. The summed E-state index contributed by atoms with van der Waals surface area (Å²) < 4.78 is 4.64. The van der Waals surface area contributed by atoms with E-state index in [0.717, 1.165) is 5.56 Å². The van der Waals surface area contributed by atoms with Crippen LogP contribution in [0.15, 0.2) is 24.3 Å². The lowest BCUT2D eigenvalue weighted by Gasteiger charge is -2.22. The lowest BCUT2D eigenvalue weighted by Crippen LogP contribution is -2.55. The summed E-state index contributed by atoms with van der Waals surface area (Å²) in [5.41, 5.74) is 1.30. The summed E-state index contributed by atoms with van der Waals surface area (Å²) in [7, 11) is 0. The van der Waals surface area contributed by atoms with E-state index in [-0.39, 0.29) is 12.5 Å². The molecule has 0 bridgehead atoms. The fourth-order valence-corrected chi connectivity index (χ4v) is 1.63. The first-order chi connectivity index (χ1) is 8.58. The molecule has 0 saturated carbocycles. The van der Waals surface area contributed by atoms with Gasteiger partial charge in [0.05, 0.1) is 0 Å². The molecule has 94 valence electrons. The molecule has 6 heteroatoms. The molecule has 0 spiro atoms. The molecule has 1 aliphatic rings. The number of benzene rings is 1. The van der Waals surface area contributed by atoms with Gasteiger partial charge in [-0.3, -0.25) is 14.9 Å². The number of rotatable bonds is 2. The van der Waals surface area contributed by atoms with Gasteiger partial charge in [-0.2, -0.15) is 0 Å². The van der Waals surface area contributed by atoms with Crippen molar-refractivity contribution < 1.29 is 19.1 Å². The zero-order valence-corrected chi connectivity index (χ0v) is 9.73. The van der Waals surface area contributed by atoms with Crippen molar-refractivity contribution in [2.24, 2.45) is 0 Å². The number of amides is 3. The molecule has 18 heavy (non-hydrogen) atoms. The van der Waals surface area contributed by atoms with E-state index in [9.17, 15) is 14.4 Å². The lowest BCUT2D eigenvalue weighted by atomic mass is 10.1. The van der Waals surface area contributed by atoms with Gasteiger partial charge in [0.1, 0.15) is 12.6 Å². The molecule has 1 atom stereocenters. The maximum Gasteiger partial charge on any atom is 0.413 e. The number of nitrogens with one attached hydrogen (secondary N) is 2. The molecule has 0 aromatic heterocycles. The normalized spacial score (nSPS) is 18.8. The van der Waals surface area contributed by atoms with Crippen LogP contribution in [-0.4, -0.2) is 30.6 Å². The number of aryl methyl sites for hydroxylation is 1. The Labute approximate surface area is 103 Å². The van der Waals surface area contributed by atoms with E-state index in [0.29, 0.717) is 5.56 Å². The van der Waals surface area contributed by atoms with E-state index in [1.165, 1.54) is 0 Å². The van der Waals surface area contributed by atoms with Gasteiger partial charge in [0.25, 0.3) is 11.8 Å². The third kappa shape index (κ3) is 2.48. The van der Waals surface area contributed by atoms with Crippen LogP contribution in [-0.2, 0) is 9.53 Å². The van der Waals surface area contributed by atoms with Crippen LogP contribution in [0, 0.1) is 6.92 Å². The van der Waals surface area contributed by atoms with Crippen molar-refractivity contribution in [3.63, 3.8) is 0 Å². The predicted octanol–water partition coefficient (Wildman–Crippen LogP) is 0.360. The van der Waals surface area contributed by atoms with E-state index in [2.05, 4.69) is 10.1 Å². The highest BCUT2D eigenvalue weighted by Crippen LogP contribution is 2.07. The van der Waals surface area contributed by atoms with Crippen LogP contribution in [0.1, 0.15) is 15.9 Å². The number of imide groups is 1. The van der Waals surface area contributed by atoms with E-state index in [1.807, 2.05) is 11.4 Å². The molecule has 2 N–H and O–H groups in total. The van der Waals surface area contributed by atoms with Crippen LogP contribution < -0.4 is 10.6 Å². The number of alkyl carbamates (subject to hydrolysis) is 1. The number of cyclic esters (lactones) is 1. The average Bonchev–Trinajstić information content (AvgIpc) is 2.33. The van der Waals surface area contributed by atoms with Gasteiger partial charge in [0.2, 0.25) is 0 Å². The van der Waals surface area contributed by atoms with Gasteiger partial charge in [0, 0.05) is 5.56 Å². The number of hydrogen-bond donors (Lipinski definition) is 2. The van der Waals surface area contributed by atoms with E-state index in [4.69, 9.17) is 0 Å². The molecular weight excluding hydrogens is 236 g/mol. The predicted molar refractivity (Wildman–Crippen MR) is 61.9 cm³/mol. The van der Waals surface area contributed by atoms with Gasteiger partial charge in [-0.05, 0) is 18.6 Å². The molecule has 1 aromatic carbocycles. The second-order valence-electron chi connectivity index (χ2n) is 3.93. The summed E-state index contributed by atoms with van der Waals surface area (Å²) in [6, 6.07) is 6.17. The lowest BCUT2D eigenvalue weighted by molar-refractivity contribution is -0.125. The summed E-state index contributed by atoms with van der Waals surface area (Å²) >= 11 is 0. The van der Waals surface area contributed by atoms with Crippen LogP contribution >= 0.6 is 0 Å². The molecule has 1 saturated heterocycles. The maximum absolute atomic E-state index is 11.9. The molecular formula is C12H12N2O4. The Morgan fingerprint density at radius 1 is 1.39 bits per heavy atom. The minimum absolute atomic E-state index is 0.151. The first-order valence-electron chi connectivity index (χ1n) is 5.42. The fourth-order valence-electron chi connectivity index (χ4n) is 1.63. The average molecular weight is 248 g/mol. The number of hydrogen-bond acceptors (Lipinski definition) is 4. The Bertz CT molecular complexity index is 513. The SMILES string of the molecule is Cc1ccccc1C(=O)NC1COC(=O)NC1=O. The second kappa shape index (κ2) is 4.87. The minimum atomic E-state index is -0.852. The van der Waals surface area contributed by atoms with E-state index >= 15 is 0 Å². The largest absolute Gasteiger partial charge is 0.446 e. The molecule has 3 amide bonds. The Balaban J connectivity index is 2.06. The van der Waals surface area contributed by atoms with Crippen LogP contribution in [0.3, 0.4) is 0 Å². The third-order valence-corrected chi connectivity index (χ3v) is 2.62. The van der Waals surface area contributed by atoms with Crippen LogP contribution in [0.5, 0.6) is 0 Å². The molecule has 1 aliphatic heterocycles. The van der Waals surface area contributed by atoms with Gasteiger partial charge in [0.15, 0.2) is 0 Å². The minimum Gasteiger partial charge on any atom is -0.446 e. The van der Waals surface area contributed by atoms with Crippen molar-refractivity contribution in [3.05, 3.63) is 35.4 Å². The second-order valence-corrected chi connectivity index (χ2v) is 3.93. The van der Waals surface area contributed by atoms with E-state index in [1.54, 1.807) is 25.1 Å². The molecule has 1 aromatic rings. The van der Waals surface area contributed by atoms with Crippen LogP contribution in [0.2, 0.25) is 0 Å². The summed E-state index contributed by atoms with van der Waals surface area (Å²) in [4.78, 5) is 34.1. The van der Waals surface area contributed by atoms with Crippen LogP contribution in [0.4, 0.5) is 4.79 Å². The van der Waals surface area contributed by atoms with Crippen molar-refractivity contribution in [2.75, 3.05) is 6.61 Å². The fraction of sp³-hybridized carbons (Fsp3) is 0.250. The Morgan fingerprint density at radius 3 is 2.78 bits per heavy atom. The summed E-state index contributed by atoms with van der Waals surface area (Å²) in [6.07, 6.45) is -0.790. The summed E-state index contributed by atoms with van der Waals surface area (Å²) in [5.74, 6) is -0.931. The van der Waals surface area contributed by atoms with Crippen molar-refractivity contribution in [1.82, 2.24) is 10.6 Å². The highest BCUT2D eigenvalue weighted by molar-refractivity contribution is 6.02. The first-order valence-corrected chi connectivity index (χ1v) is 5.42. The Kier molecular flexibility index (Phi) is 3.27. The smallest absolute Gasteiger partial charge is 0.413 e.